The molecule has 0 aliphatic carbocycles. The Morgan fingerprint density at radius 2 is 1.57 bits per heavy atom. The summed E-state index contributed by atoms with van der Waals surface area (Å²) in [6, 6.07) is 8.62. The second-order valence-corrected chi connectivity index (χ2v) is 5.41. The van der Waals surface area contributed by atoms with Crippen LogP contribution in [0.5, 0.6) is 0 Å². The third-order valence-electron chi connectivity index (χ3n) is 3.60. The number of carbonyl (C=O) groups excluding carboxylic acids is 2. The van der Waals surface area contributed by atoms with Crippen molar-refractivity contribution in [1.29, 1.82) is 0 Å². The van der Waals surface area contributed by atoms with Gasteiger partial charge in [0.1, 0.15) is 0 Å². The summed E-state index contributed by atoms with van der Waals surface area (Å²) in [5.41, 5.74) is 0.675. The average Bonchev–Trinajstić information content (AvgIpc) is 2.42. The third kappa shape index (κ3) is 5.95. The maximum absolute atomic E-state index is 11.9. The predicted molar refractivity (Wildman–Crippen MR) is 83.1 cm³/mol. The summed E-state index contributed by atoms with van der Waals surface area (Å²) in [7, 11) is 0. The fourth-order valence-electron chi connectivity index (χ4n) is 2.52. The van der Waals surface area contributed by atoms with Crippen molar-refractivity contribution in [3.63, 3.8) is 0 Å². The van der Waals surface area contributed by atoms with Crippen LogP contribution in [0.3, 0.4) is 0 Å². The van der Waals surface area contributed by atoms with E-state index >= 15 is 0 Å². The highest BCUT2D eigenvalue weighted by Gasteiger charge is 2.14. The van der Waals surface area contributed by atoms with Crippen molar-refractivity contribution in [2.45, 2.75) is 32.1 Å². The van der Waals surface area contributed by atoms with Gasteiger partial charge in [0.15, 0.2) is 0 Å². The van der Waals surface area contributed by atoms with E-state index in [4.69, 9.17) is 0 Å². The fourth-order valence-corrected chi connectivity index (χ4v) is 2.52. The standard InChI is InChI=1S/C16H23N3O2/c20-15(13-19-11-7-2-1-3-8-12-19)18-16(21)17-14-9-5-4-6-10-14/h4-6,9-10H,1-3,7-8,11-13H2,(H2,17,18,20,21). The van der Waals surface area contributed by atoms with Crippen LogP contribution >= 0.6 is 0 Å². The molecule has 1 heterocycles. The van der Waals surface area contributed by atoms with Gasteiger partial charge in [0, 0.05) is 5.69 Å². The molecule has 0 radical (unpaired) electrons. The first-order valence-corrected chi connectivity index (χ1v) is 7.62. The van der Waals surface area contributed by atoms with Crippen molar-refractivity contribution >= 4 is 17.6 Å². The van der Waals surface area contributed by atoms with Crippen molar-refractivity contribution in [1.82, 2.24) is 10.2 Å². The number of hydrogen-bond donors (Lipinski definition) is 2. The van der Waals surface area contributed by atoms with Crippen LogP contribution < -0.4 is 10.6 Å². The topological polar surface area (TPSA) is 61.4 Å². The Morgan fingerprint density at radius 3 is 2.24 bits per heavy atom. The largest absolute Gasteiger partial charge is 0.325 e. The lowest BCUT2D eigenvalue weighted by molar-refractivity contribution is -0.121. The van der Waals surface area contributed by atoms with Crippen molar-refractivity contribution in [2.75, 3.05) is 25.0 Å². The molecular weight excluding hydrogens is 266 g/mol. The SMILES string of the molecule is O=C(CN1CCCCCCC1)NC(=O)Nc1ccccc1. The molecule has 1 aliphatic rings. The van der Waals surface area contributed by atoms with Gasteiger partial charge < -0.3 is 5.32 Å². The number of nitrogens with zero attached hydrogens (tertiary/aromatic N) is 1. The minimum Gasteiger partial charge on any atom is -0.308 e. The molecule has 1 aromatic carbocycles. The molecule has 0 atom stereocenters. The summed E-state index contributed by atoms with van der Waals surface area (Å²) >= 11 is 0. The van der Waals surface area contributed by atoms with E-state index in [0.717, 1.165) is 25.9 Å². The summed E-state index contributed by atoms with van der Waals surface area (Å²) in [6.45, 7) is 2.17. The maximum Gasteiger partial charge on any atom is 0.325 e. The molecule has 5 heteroatoms. The lowest BCUT2D eigenvalue weighted by Crippen LogP contribution is -2.42. The molecule has 1 aliphatic heterocycles. The van der Waals surface area contributed by atoms with E-state index in [2.05, 4.69) is 15.5 Å². The quantitative estimate of drug-likeness (QED) is 0.899. The number of benzene rings is 1. The van der Waals surface area contributed by atoms with E-state index in [9.17, 15) is 9.59 Å². The first-order chi connectivity index (χ1) is 10.2. The van der Waals surface area contributed by atoms with Gasteiger partial charge in [0.05, 0.1) is 6.54 Å². The smallest absolute Gasteiger partial charge is 0.308 e. The number of para-hydroxylation sites is 1. The van der Waals surface area contributed by atoms with E-state index in [-0.39, 0.29) is 5.91 Å². The number of hydrogen-bond acceptors (Lipinski definition) is 3. The van der Waals surface area contributed by atoms with Crippen LogP contribution in [0.25, 0.3) is 0 Å². The second-order valence-electron chi connectivity index (χ2n) is 5.41. The molecule has 5 nitrogen and oxygen atoms in total. The van der Waals surface area contributed by atoms with Crippen LogP contribution in [0.4, 0.5) is 10.5 Å². The van der Waals surface area contributed by atoms with E-state index < -0.39 is 6.03 Å². The summed E-state index contributed by atoms with van der Waals surface area (Å²) in [5.74, 6) is -0.246. The number of anilines is 1. The molecule has 1 fully saturated rings. The molecule has 0 unspecified atom stereocenters. The highest BCUT2D eigenvalue weighted by molar-refractivity contribution is 6.01. The molecule has 1 aromatic rings. The predicted octanol–water partition coefficient (Wildman–Crippen LogP) is 2.60. The molecule has 0 saturated carbocycles. The Labute approximate surface area is 125 Å². The van der Waals surface area contributed by atoms with E-state index in [1.807, 2.05) is 18.2 Å². The molecule has 2 rings (SSSR count). The zero-order chi connectivity index (χ0) is 14.9. The van der Waals surface area contributed by atoms with Crippen LogP contribution in [0.2, 0.25) is 0 Å². The van der Waals surface area contributed by atoms with Crippen LogP contribution in [0, 0.1) is 0 Å². The summed E-state index contributed by atoms with van der Waals surface area (Å²) in [4.78, 5) is 25.8. The number of carbonyl (C=O) groups is 2. The van der Waals surface area contributed by atoms with Gasteiger partial charge in [0.2, 0.25) is 5.91 Å². The van der Waals surface area contributed by atoms with Crippen LogP contribution in [-0.4, -0.2) is 36.5 Å². The third-order valence-corrected chi connectivity index (χ3v) is 3.60. The van der Waals surface area contributed by atoms with Gasteiger partial charge >= 0.3 is 6.03 Å². The fraction of sp³-hybridized carbons (Fsp3) is 0.500. The summed E-state index contributed by atoms with van der Waals surface area (Å²) in [5, 5.41) is 5.02. The molecule has 1 saturated heterocycles. The molecular formula is C16H23N3O2. The van der Waals surface area contributed by atoms with Gasteiger partial charge in [-0.05, 0) is 38.1 Å². The second kappa shape index (κ2) is 8.42. The van der Waals surface area contributed by atoms with Gasteiger partial charge in [0.25, 0.3) is 0 Å². The van der Waals surface area contributed by atoms with Gasteiger partial charge in [-0.1, -0.05) is 37.5 Å². The van der Waals surface area contributed by atoms with Gasteiger partial charge in [-0.2, -0.15) is 0 Å². The normalized spacial score (nSPS) is 16.6. The Balaban J connectivity index is 1.74. The zero-order valence-corrected chi connectivity index (χ0v) is 12.3. The highest BCUT2D eigenvalue weighted by Crippen LogP contribution is 2.10. The monoisotopic (exact) mass is 289 g/mol. The number of rotatable bonds is 3. The number of urea groups is 1. The van der Waals surface area contributed by atoms with E-state index in [1.165, 1.54) is 19.3 Å². The van der Waals surface area contributed by atoms with Gasteiger partial charge in [-0.15, -0.1) is 0 Å². The van der Waals surface area contributed by atoms with Crippen LogP contribution in [0.15, 0.2) is 30.3 Å². The Morgan fingerprint density at radius 1 is 0.952 bits per heavy atom. The molecule has 2 N–H and O–H groups in total. The van der Waals surface area contributed by atoms with Crippen molar-refractivity contribution in [3.05, 3.63) is 30.3 Å². The van der Waals surface area contributed by atoms with E-state index in [0.29, 0.717) is 12.2 Å². The summed E-state index contributed by atoms with van der Waals surface area (Å²) < 4.78 is 0. The van der Waals surface area contributed by atoms with E-state index in [1.54, 1.807) is 12.1 Å². The first-order valence-electron chi connectivity index (χ1n) is 7.62. The molecule has 3 amide bonds. The number of likely N-dealkylation sites (tertiary alicyclic amines) is 1. The van der Waals surface area contributed by atoms with Gasteiger partial charge in [-0.25, -0.2) is 4.79 Å². The Hall–Kier alpha value is -1.88. The van der Waals surface area contributed by atoms with Crippen molar-refractivity contribution in [3.8, 4) is 0 Å². The van der Waals surface area contributed by atoms with Crippen LogP contribution in [-0.2, 0) is 4.79 Å². The minimum atomic E-state index is -0.474. The molecule has 0 aromatic heterocycles. The number of nitrogens with one attached hydrogen (secondary N) is 2. The molecule has 114 valence electrons. The van der Waals surface area contributed by atoms with Gasteiger partial charge in [-0.3, -0.25) is 15.0 Å². The summed E-state index contributed by atoms with van der Waals surface area (Å²) in [6.07, 6.45) is 6.01. The Kier molecular flexibility index (Phi) is 6.22. The minimum absolute atomic E-state index is 0.246. The molecule has 21 heavy (non-hydrogen) atoms. The van der Waals surface area contributed by atoms with Crippen molar-refractivity contribution < 1.29 is 9.59 Å². The lowest BCUT2D eigenvalue weighted by atomic mass is 10.1. The average molecular weight is 289 g/mol. The Bertz CT molecular complexity index is 454. The maximum atomic E-state index is 11.9. The van der Waals surface area contributed by atoms with Crippen LogP contribution in [0.1, 0.15) is 32.1 Å². The highest BCUT2D eigenvalue weighted by atomic mass is 16.2. The number of amides is 3. The number of imide groups is 1. The van der Waals surface area contributed by atoms with Crippen molar-refractivity contribution in [2.24, 2.45) is 0 Å². The zero-order valence-electron chi connectivity index (χ0n) is 12.3. The molecule has 0 bridgehead atoms. The lowest BCUT2D eigenvalue weighted by Gasteiger charge is -2.23. The first kappa shape index (κ1) is 15.5. The molecule has 0 spiro atoms.